The molecule has 2 atom stereocenters. The Balaban J connectivity index is 1.91. The van der Waals surface area contributed by atoms with Gasteiger partial charge in [-0.15, -0.1) is 0 Å². The zero-order chi connectivity index (χ0) is 10.8. The Morgan fingerprint density at radius 3 is 2.53 bits per heavy atom. The Kier molecular flexibility index (Phi) is 3.02. The minimum absolute atomic E-state index is 0.0180. The van der Waals surface area contributed by atoms with E-state index < -0.39 is 0 Å². The normalized spacial score (nSPS) is 23.6. The lowest BCUT2D eigenvalue weighted by Crippen LogP contribution is -2.05. The molecule has 0 unspecified atom stereocenters. The van der Waals surface area contributed by atoms with Gasteiger partial charge in [-0.3, -0.25) is 0 Å². The fraction of sp³-hybridized carbons (Fsp3) is 0.500. The molecule has 1 heterocycles. The molecule has 1 N–H and O–H groups in total. The molecule has 2 rings (SSSR count). The number of rotatable bonds is 4. The molecule has 1 aromatic rings. The summed E-state index contributed by atoms with van der Waals surface area (Å²) in [5.41, 5.74) is 0. The van der Waals surface area contributed by atoms with Gasteiger partial charge in [0.1, 0.15) is 0 Å². The van der Waals surface area contributed by atoms with E-state index >= 15 is 0 Å². The van der Waals surface area contributed by atoms with Crippen molar-refractivity contribution in [2.75, 3.05) is 6.61 Å². The number of ether oxygens (including phenoxy) is 1. The molecule has 1 aliphatic carbocycles. The highest BCUT2D eigenvalue weighted by Crippen LogP contribution is 2.36. The van der Waals surface area contributed by atoms with Crippen molar-refractivity contribution in [2.45, 2.75) is 6.42 Å². The fourth-order valence-electron chi connectivity index (χ4n) is 1.22. The lowest BCUT2D eigenvalue weighted by Gasteiger charge is -2.02. The first-order valence-electron chi connectivity index (χ1n) is 4.39. The second-order valence-electron chi connectivity index (χ2n) is 3.29. The third-order valence-electron chi connectivity index (χ3n) is 2.18. The van der Waals surface area contributed by atoms with Crippen LogP contribution in [0, 0.1) is 17.2 Å². The second kappa shape index (κ2) is 4.28. The molecule has 0 spiro atoms. The average Bonchev–Trinajstić information content (AvgIpc) is 2.91. The molecule has 7 heteroatoms. The Morgan fingerprint density at radius 2 is 2.00 bits per heavy atom. The zero-order valence-electron chi connectivity index (χ0n) is 7.65. The molecule has 15 heavy (non-hydrogen) atoms. The fourth-order valence-corrected chi connectivity index (χ4v) is 1.57. The van der Waals surface area contributed by atoms with Crippen LogP contribution < -0.4 is 4.74 Å². The van der Waals surface area contributed by atoms with Crippen LogP contribution in [-0.4, -0.2) is 27.8 Å². The maximum absolute atomic E-state index is 7.04. The van der Waals surface area contributed by atoms with Gasteiger partial charge in [0, 0.05) is 11.8 Å². The van der Waals surface area contributed by atoms with Crippen molar-refractivity contribution >= 4 is 29.4 Å². The number of hydrogen-bond donors (Lipinski definition) is 1. The highest BCUT2D eigenvalue weighted by Gasteiger charge is 2.36. The van der Waals surface area contributed by atoms with Gasteiger partial charge in [-0.1, -0.05) is 0 Å². The first-order valence-corrected chi connectivity index (χ1v) is 5.15. The van der Waals surface area contributed by atoms with E-state index in [1.165, 1.54) is 6.21 Å². The Labute approximate surface area is 96.3 Å². The minimum atomic E-state index is 0.0180. The molecule has 1 fully saturated rings. The monoisotopic (exact) mass is 246 g/mol. The van der Waals surface area contributed by atoms with Gasteiger partial charge in [0.15, 0.2) is 0 Å². The van der Waals surface area contributed by atoms with Crippen LogP contribution in [0.15, 0.2) is 0 Å². The quantitative estimate of drug-likeness (QED) is 0.824. The summed E-state index contributed by atoms with van der Waals surface area (Å²) in [5.74, 6) is 0.717. The van der Waals surface area contributed by atoms with Crippen LogP contribution in [0.1, 0.15) is 6.42 Å². The molecule has 1 aliphatic rings. The van der Waals surface area contributed by atoms with Crippen molar-refractivity contribution in [3.8, 4) is 6.01 Å². The average molecular weight is 247 g/mol. The van der Waals surface area contributed by atoms with E-state index in [0.717, 1.165) is 6.42 Å². The van der Waals surface area contributed by atoms with Crippen molar-refractivity contribution in [3.05, 3.63) is 10.6 Å². The summed E-state index contributed by atoms with van der Waals surface area (Å²) in [6, 6.07) is 0.135. The molecule has 5 nitrogen and oxygen atoms in total. The summed E-state index contributed by atoms with van der Waals surface area (Å²) >= 11 is 11.1. The number of nitrogens with zero attached hydrogens (tertiary/aromatic N) is 3. The molecule has 0 aliphatic heterocycles. The molecule has 1 aromatic heterocycles. The van der Waals surface area contributed by atoms with Gasteiger partial charge in [-0.25, -0.2) is 0 Å². The van der Waals surface area contributed by atoms with E-state index in [9.17, 15) is 0 Å². The maximum atomic E-state index is 7.04. The van der Waals surface area contributed by atoms with Crippen molar-refractivity contribution in [2.24, 2.45) is 11.8 Å². The van der Waals surface area contributed by atoms with E-state index in [4.69, 9.17) is 33.3 Å². The van der Waals surface area contributed by atoms with Gasteiger partial charge < -0.3 is 10.1 Å². The van der Waals surface area contributed by atoms with Gasteiger partial charge in [0.2, 0.25) is 10.6 Å². The van der Waals surface area contributed by atoms with Gasteiger partial charge >= 0.3 is 6.01 Å². The predicted octanol–water partition coefficient (Wildman–Crippen LogP) is 1.84. The van der Waals surface area contributed by atoms with Crippen molar-refractivity contribution in [3.63, 3.8) is 0 Å². The Hall–Kier alpha value is -0.940. The van der Waals surface area contributed by atoms with Crippen LogP contribution in [0.2, 0.25) is 10.6 Å². The minimum Gasteiger partial charge on any atom is -0.463 e. The van der Waals surface area contributed by atoms with Crippen molar-refractivity contribution in [1.82, 2.24) is 15.0 Å². The van der Waals surface area contributed by atoms with Crippen molar-refractivity contribution < 1.29 is 4.74 Å². The van der Waals surface area contributed by atoms with E-state index in [0.29, 0.717) is 18.4 Å². The first kappa shape index (κ1) is 10.6. The Morgan fingerprint density at radius 1 is 1.33 bits per heavy atom. The van der Waals surface area contributed by atoms with Crippen LogP contribution in [-0.2, 0) is 0 Å². The number of halogens is 2. The second-order valence-corrected chi connectivity index (χ2v) is 3.97. The Bertz CT molecular complexity index is 367. The van der Waals surface area contributed by atoms with E-state index in [-0.39, 0.29) is 16.6 Å². The third kappa shape index (κ3) is 2.76. The summed E-state index contributed by atoms with van der Waals surface area (Å²) in [6.07, 6.45) is 2.41. The van der Waals surface area contributed by atoms with Crippen molar-refractivity contribution in [1.29, 1.82) is 5.41 Å². The van der Waals surface area contributed by atoms with Crippen LogP contribution >= 0.6 is 23.2 Å². The van der Waals surface area contributed by atoms with Gasteiger partial charge in [0.05, 0.1) is 6.61 Å². The van der Waals surface area contributed by atoms with Gasteiger partial charge in [0.25, 0.3) is 0 Å². The lowest BCUT2D eigenvalue weighted by atomic mass is 10.3. The third-order valence-corrected chi connectivity index (χ3v) is 2.52. The largest absolute Gasteiger partial charge is 0.463 e. The summed E-state index contributed by atoms with van der Waals surface area (Å²) < 4.78 is 5.29. The lowest BCUT2D eigenvalue weighted by molar-refractivity contribution is 0.273. The van der Waals surface area contributed by atoms with Crippen LogP contribution in [0.3, 0.4) is 0 Å². The highest BCUT2D eigenvalue weighted by molar-refractivity contribution is 6.31. The van der Waals surface area contributed by atoms with E-state index in [2.05, 4.69) is 15.0 Å². The summed E-state index contributed by atoms with van der Waals surface area (Å²) in [5, 5.41) is 7.07. The molecule has 0 saturated heterocycles. The van der Waals surface area contributed by atoms with Gasteiger partial charge in [-0.05, 0) is 35.8 Å². The molecular formula is C8H8Cl2N4O. The predicted molar refractivity (Wildman–Crippen MR) is 55.7 cm³/mol. The molecule has 0 bridgehead atoms. The van der Waals surface area contributed by atoms with E-state index in [1.807, 2.05) is 0 Å². The summed E-state index contributed by atoms with van der Waals surface area (Å²) in [6.45, 7) is 0.483. The molecular weight excluding hydrogens is 239 g/mol. The SMILES string of the molecule is N=C[C@@H]1C[C@@H]1COc1nc(Cl)nc(Cl)n1. The van der Waals surface area contributed by atoms with Gasteiger partial charge in [-0.2, -0.15) is 15.0 Å². The molecule has 80 valence electrons. The highest BCUT2D eigenvalue weighted by atomic mass is 35.5. The maximum Gasteiger partial charge on any atom is 0.322 e. The smallest absolute Gasteiger partial charge is 0.322 e. The molecule has 0 amide bonds. The topological polar surface area (TPSA) is 71.8 Å². The number of hydrogen-bond acceptors (Lipinski definition) is 5. The van der Waals surface area contributed by atoms with Crippen LogP contribution in [0.25, 0.3) is 0 Å². The number of aromatic nitrogens is 3. The molecule has 1 saturated carbocycles. The zero-order valence-corrected chi connectivity index (χ0v) is 9.16. The molecule has 0 radical (unpaired) electrons. The van der Waals surface area contributed by atoms with Crippen LogP contribution in [0.5, 0.6) is 6.01 Å². The standard InChI is InChI=1S/C8H8Cl2N4O/c9-6-12-7(10)14-8(13-6)15-3-5-1-4(5)2-11/h2,4-5,11H,1,3H2/t4-,5+/m0/s1. The first-order chi connectivity index (χ1) is 7.19. The molecule has 0 aromatic carbocycles. The summed E-state index contributed by atoms with van der Waals surface area (Å²) in [4.78, 5) is 11.1. The summed E-state index contributed by atoms with van der Waals surface area (Å²) in [7, 11) is 0. The van der Waals surface area contributed by atoms with Crippen LogP contribution in [0.4, 0.5) is 0 Å². The van der Waals surface area contributed by atoms with E-state index in [1.54, 1.807) is 0 Å². The number of nitrogens with one attached hydrogen (secondary N) is 1.